The molecule has 0 aliphatic heterocycles. The summed E-state index contributed by atoms with van der Waals surface area (Å²) in [6.45, 7) is 1.99. The van der Waals surface area contributed by atoms with E-state index in [-0.39, 0.29) is 5.82 Å². The molecule has 0 fully saturated rings. The second kappa shape index (κ2) is 6.02. The number of fused-ring (bicyclic) bond motifs is 1. The highest BCUT2D eigenvalue weighted by molar-refractivity contribution is 5.88. The van der Waals surface area contributed by atoms with E-state index >= 15 is 0 Å². The Balaban J connectivity index is 1.80. The van der Waals surface area contributed by atoms with Crippen LogP contribution in [0, 0.1) is 12.7 Å². The first kappa shape index (κ1) is 15.3. The molecule has 0 aliphatic carbocycles. The number of hydrogen-bond acceptors (Lipinski definition) is 3. The summed E-state index contributed by atoms with van der Waals surface area (Å²) in [5.74, 6) is 0.322. The van der Waals surface area contributed by atoms with Gasteiger partial charge in [-0.25, -0.2) is 9.37 Å². The first-order valence-corrected chi connectivity index (χ1v) is 7.90. The van der Waals surface area contributed by atoms with E-state index in [1.165, 1.54) is 6.07 Å². The molecule has 5 heteroatoms. The van der Waals surface area contributed by atoms with Gasteiger partial charge >= 0.3 is 0 Å². The zero-order valence-corrected chi connectivity index (χ0v) is 13.9. The number of ether oxygens (including phenoxy) is 1. The predicted octanol–water partition coefficient (Wildman–Crippen LogP) is 4.75. The number of H-pyrrole nitrogens is 1. The van der Waals surface area contributed by atoms with E-state index in [2.05, 4.69) is 15.0 Å². The molecule has 25 heavy (non-hydrogen) atoms. The minimum absolute atomic E-state index is 0.252. The Morgan fingerprint density at radius 1 is 1.00 bits per heavy atom. The molecule has 0 radical (unpaired) electrons. The summed E-state index contributed by atoms with van der Waals surface area (Å²) in [5, 5.41) is 0.971. The van der Waals surface area contributed by atoms with Crippen LogP contribution >= 0.6 is 0 Å². The number of methoxy groups -OCH3 is 1. The summed E-state index contributed by atoms with van der Waals surface area (Å²) in [6.07, 6.45) is 3.52. The lowest BCUT2D eigenvalue weighted by Gasteiger charge is -2.06. The van der Waals surface area contributed by atoms with E-state index in [9.17, 15) is 4.39 Å². The standard InChI is InChI=1S/C20H16FN3O/c1-12-7-20(25-2)23-10-15(12)17-8-13-9-18(24-19(13)11-22-17)14-5-3-4-6-16(14)21/h3-11,24H,1-2H3. The molecule has 0 unspecified atom stereocenters. The highest BCUT2D eigenvalue weighted by Gasteiger charge is 2.11. The summed E-state index contributed by atoms with van der Waals surface area (Å²) in [6, 6.07) is 12.5. The number of aromatic nitrogens is 3. The lowest BCUT2D eigenvalue weighted by Crippen LogP contribution is -1.92. The number of aromatic amines is 1. The molecule has 0 spiro atoms. The van der Waals surface area contributed by atoms with Crippen LogP contribution in [0.5, 0.6) is 5.88 Å². The third-order valence-electron chi connectivity index (χ3n) is 4.24. The van der Waals surface area contributed by atoms with E-state index in [0.717, 1.165) is 33.4 Å². The van der Waals surface area contributed by atoms with E-state index in [0.29, 0.717) is 11.4 Å². The number of nitrogens with zero attached hydrogens (tertiary/aromatic N) is 2. The second-order valence-corrected chi connectivity index (χ2v) is 5.86. The van der Waals surface area contributed by atoms with Crippen molar-refractivity contribution >= 4 is 10.9 Å². The van der Waals surface area contributed by atoms with Gasteiger partial charge in [0, 0.05) is 34.5 Å². The maximum Gasteiger partial charge on any atom is 0.213 e. The summed E-state index contributed by atoms with van der Waals surface area (Å²) in [7, 11) is 1.59. The van der Waals surface area contributed by atoms with Crippen LogP contribution in [-0.2, 0) is 0 Å². The monoisotopic (exact) mass is 333 g/mol. The van der Waals surface area contributed by atoms with Gasteiger partial charge in [0.1, 0.15) is 5.82 Å². The second-order valence-electron chi connectivity index (χ2n) is 5.86. The first-order chi connectivity index (χ1) is 12.2. The van der Waals surface area contributed by atoms with Gasteiger partial charge in [0.2, 0.25) is 5.88 Å². The van der Waals surface area contributed by atoms with Gasteiger partial charge in [0.05, 0.1) is 24.5 Å². The SMILES string of the molecule is COc1cc(C)c(-c2cc3cc(-c4ccccc4F)[nH]c3cn2)cn1. The molecule has 1 N–H and O–H groups in total. The highest BCUT2D eigenvalue weighted by Crippen LogP contribution is 2.29. The molecule has 124 valence electrons. The van der Waals surface area contributed by atoms with Crippen LogP contribution in [0.1, 0.15) is 5.56 Å². The fraction of sp³-hybridized carbons (Fsp3) is 0.100. The van der Waals surface area contributed by atoms with Crippen LogP contribution in [-0.4, -0.2) is 22.1 Å². The van der Waals surface area contributed by atoms with Crippen LogP contribution in [0.15, 0.2) is 54.9 Å². The molecule has 4 nitrogen and oxygen atoms in total. The van der Waals surface area contributed by atoms with Crippen LogP contribution in [0.4, 0.5) is 4.39 Å². The zero-order chi connectivity index (χ0) is 17.4. The number of pyridine rings is 2. The lowest BCUT2D eigenvalue weighted by atomic mass is 10.1. The minimum atomic E-state index is -0.252. The highest BCUT2D eigenvalue weighted by atomic mass is 19.1. The Morgan fingerprint density at radius 2 is 1.84 bits per heavy atom. The van der Waals surface area contributed by atoms with Crippen molar-refractivity contribution in [2.75, 3.05) is 7.11 Å². The minimum Gasteiger partial charge on any atom is -0.481 e. The van der Waals surface area contributed by atoms with Crippen molar-refractivity contribution in [1.29, 1.82) is 0 Å². The van der Waals surface area contributed by atoms with Crippen LogP contribution in [0.3, 0.4) is 0 Å². The van der Waals surface area contributed by atoms with Crippen molar-refractivity contribution in [3.63, 3.8) is 0 Å². The van der Waals surface area contributed by atoms with Crippen molar-refractivity contribution in [2.24, 2.45) is 0 Å². The Labute approximate surface area is 144 Å². The summed E-state index contributed by atoms with van der Waals surface area (Å²) in [4.78, 5) is 12.0. The Morgan fingerprint density at radius 3 is 2.60 bits per heavy atom. The Kier molecular flexibility index (Phi) is 3.69. The third-order valence-corrected chi connectivity index (χ3v) is 4.24. The summed E-state index contributed by atoms with van der Waals surface area (Å²) in [5.41, 5.74) is 4.93. The molecule has 4 rings (SSSR count). The van der Waals surface area contributed by atoms with Gasteiger partial charge in [-0.05, 0) is 36.8 Å². The summed E-state index contributed by atoms with van der Waals surface area (Å²) < 4.78 is 19.2. The van der Waals surface area contributed by atoms with Gasteiger partial charge < -0.3 is 9.72 Å². The fourth-order valence-corrected chi connectivity index (χ4v) is 2.91. The molecular formula is C20H16FN3O. The molecule has 0 bridgehead atoms. The number of rotatable bonds is 3. The smallest absolute Gasteiger partial charge is 0.213 e. The van der Waals surface area contributed by atoms with E-state index in [1.54, 1.807) is 31.6 Å². The molecule has 0 saturated carbocycles. The van der Waals surface area contributed by atoms with Gasteiger partial charge in [0.15, 0.2) is 0 Å². The molecule has 4 aromatic rings. The van der Waals surface area contributed by atoms with Gasteiger partial charge in [-0.1, -0.05) is 12.1 Å². The van der Waals surface area contributed by atoms with Gasteiger partial charge in [-0.2, -0.15) is 0 Å². The largest absolute Gasteiger partial charge is 0.481 e. The maximum absolute atomic E-state index is 14.0. The zero-order valence-electron chi connectivity index (χ0n) is 13.9. The number of nitrogens with one attached hydrogen (secondary N) is 1. The van der Waals surface area contributed by atoms with Crippen molar-refractivity contribution in [1.82, 2.24) is 15.0 Å². The van der Waals surface area contributed by atoms with Gasteiger partial charge in [-0.3, -0.25) is 4.98 Å². The van der Waals surface area contributed by atoms with Crippen LogP contribution < -0.4 is 4.74 Å². The van der Waals surface area contributed by atoms with Gasteiger partial charge in [0.25, 0.3) is 0 Å². The predicted molar refractivity (Wildman–Crippen MR) is 96.0 cm³/mol. The van der Waals surface area contributed by atoms with Crippen molar-refractivity contribution in [3.8, 4) is 28.4 Å². The average Bonchev–Trinajstić information content (AvgIpc) is 3.04. The van der Waals surface area contributed by atoms with Crippen molar-refractivity contribution < 1.29 is 9.13 Å². The maximum atomic E-state index is 14.0. The molecule has 0 atom stereocenters. The summed E-state index contributed by atoms with van der Waals surface area (Å²) >= 11 is 0. The number of hydrogen-bond donors (Lipinski definition) is 1. The molecule has 1 aromatic carbocycles. The average molecular weight is 333 g/mol. The fourth-order valence-electron chi connectivity index (χ4n) is 2.91. The van der Waals surface area contributed by atoms with Gasteiger partial charge in [-0.15, -0.1) is 0 Å². The molecule has 0 saturated heterocycles. The first-order valence-electron chi connectivity index (χ1n) is 7.90. The van der Waals surface area contributed by atoms with E-state index in [1.807, 2.05) is 31.2 Å². The van der Waals surface area contributed by atoms with E-state index < -0.39 is 0 Å². The van der Waals surface area contributed by atoms with Crippen molar-refractivity contribution in [2.45, 2.75) is 6.92 Å². The molecule has 3 heterocycles. The van der Waals surface area contributed by atoms with Crippen LogP contribution in [0.2, 0.25) is 0 Å². The molecule has 3 aromatic heterocycles. The normalized spacial score (nSPS) is 11.0. The topological polar surface area (TPSA) is 50.8 Å². The van der Waals surface area contributed by atoms with Crippen molar-refractivity contribution in [3.05, 3.63) is 66.2 Å². The Hall–Kier alpha value is -3.21. The number of benzene rings is 1. The third kappa shape index (κ3) is 2.74. The number of halogens is 1. The van der Waals surface area contributed by atoms with E-state index in [4.69, 9.17) is 4.74 Å². The quantitative estimate of drug-likeness (QED) is 0.589. The molecule has 0 aliphatic rings. The molecule has 0 amide bonds. The van der Waals surface area contributed by atoms with Crippen LogP contribution in [0.25, 0.3) is 33.4 Å². The molecular weight excluding hydrogens is 317 g/mol. The lowest BCUT2D eigenvalue weighted by molar-refractivity contribution is 0.397. The number of aryl methyl sites for hydroxylation is 1. The Bertz CT molecular complexity index is 1070.